The van der Waals surface area contributed by atoms with Crippen LogP contribution in [-0.2, 0) is 0 Å². The quantitative estimate of drug-likeness (QED) is 0.661. The lowest BCUT2D eigenvalue weighted by Crippen LogP contribution is -2.03. The number of halogens is 3. The zero-order valence-electron chi connectivity index (χ0n) is 7.49. The molecule has 1 N–H and O–H groups in total. The number of rotatable bonds is 3. The predicted molar refractivity (Wildman–Crippen MR) is 50.0 cm³/mol. The van der Waals surface area contributed by atoms with Crippen molar-refractivity contribution in [3.8, 4) is 0 Å². The van der Waals surface area contributed by atoms with Crippen LogP contribution in [0.4, 0.5) is 14.5 Å². The van der Waals surface area contributed by atoms with E-state index in [1.165, 1.54) is 0 Å². The molecule has 0 aromatic heterocycles. The zero-order chi connectivity index (χ0) is 12.5. The molecule has 1 aromatic carbocycles. The topological polar surface area (TPSA) is 80.4 Å². The Bertz CT molecular complexity index is 464. The van der Waals surface area contributed by atoms with Crippen molar-refractivity contribution in [2.45, 2.75) is 6.43 Å². The molecule has 86 valence electrons. The van der Waals surface area contributed by atoms with Gasteiger partial charge in [-0.05, 0) is 0 Å². The lowest BCUT2D eigenvalue weighted by molar-refractivity contribution is -0.385. The molecule has 0 fully saturated rings. The van der Waals surface area contributed by atoms with Crippen LogP contribution in [0.2, 0.25) is 5.02 Å². The molecule has 0 amide bonds. The number of hydrogen-bond donors (Lipinski definition) is 1. The smallest absolute Gasteiger partial charge is 0.337 e. The Balaban J connectivity index is 3.51. The highest BCUT2D eigenvalue weighted by Gasteiger charge is 2.23. The van der Waals surface area contributed by atoms with Crippen LogP contribution in [0.1, 0.15) is 22.3 Å². The van der Waals surface area contributed by atoms with Gasteiger partial charge in [-0.3, -0.25) is 10.1 Å². The van der Waals surface area contributed by atoms with Gasteiger partial charge in [0, 0.05) is 17.7 Å². The lowest BCUT2D eigenvalue weighted by atomic mass is 10.1. The summed E-state index contributed by atoms with van der Waals surface area (Å²) in [6, 6.07) is 1.19. The molecule has 0 aliphatic carbocycles. The summed E-state index contributed by atoms with van der Waals surface area (Å²) in [4.78, 5) is 20.0. The van der Waals surface area contributed by atoms with Crippen molar-refractivity contribution in [3.05, 3.63) is 38.4 Å². The van der Waals surface area contributed by atoms with Crippen LogP contribution in [0.5, 0.6) is 0 Å². The van der Waals surface area contributed by atoms with Crippen molar-refractivity contribution >= 4 is 23.3 Å². The monoisotopic (exact) mass is 251 g/mol. The maximum absolute atomic E-state index is 12.4. The number of hydrogen-bond acceptors (Lipinski definition) is 3. The maximum Gasteiger partial charge on any atom is 0.337 e. The minimum Gasteiger partial charge on any atom is -0.478 e. The number of carboxylic acid groups (broad SMARTS) is 1. The second-order valence-electron chi connectivity index (χ2n) is 2.76. The molecule has 8 heteroatoms. The van der Waals surface area contributed by atoms with Gasteiger partial charge >= 0.3 is 5.97 Å². The van der Waals surface area contributed by atoms with Crippen LogP contribution < -0.4 is 0 Å². The molecule has 16 heavy (non-hydrogen) atoms. The van der Waals surface area contributed by atoms with Crippen molar-refractivity contribution in [2.75, 3.05) is 0 Å². The van der Waals surface area contributed by atoms with Crippen LogP contribution in [-0.4, -0.2) is 16.0 Å². The Labute approximate surface area is 92.4 Å². The standard InChI is InChI=1S/C8H4ClF2NO4/c9-6-4(7(10)11)1-3(12(15)16)2-5(6)8(13)14/h1-2,7H,(H,13,14). The summed E-state index contributed by atoms with van der Waals surface area (Å²) in [7, 11) is 0. The average Bonchev–Trinajstić information content (AvgIpc) is 2.16. The van der Waals surface area contributed by atoms with E-state index in [9.17, 15) is 23.7 Å². The van der Waals surface area contributed by atoms with E-state index in [2.05, 4.69) is 0 Å². The summed E-state index contributed by atoms with van der Waals surface area (Å²) in [6.07, 6.45) is -3.08. The Morgan fingerprint density at radius 2 is 2.06 bits per heavy atom. The van der Waals surface area contributed by atoms with Crippen LogP contribution in [0.15, 0.2) is 12.1 Å². The van der Waals surface area contributed by atoms with Gasteiger partial charge in [0.2, 0.25) is 0 Å². The lowest BCUT2D eigenvalue weighted by Gasteiger charge is -2.05. The van der Waals surface area contributed by atoms with E-state index in [1.54, 1.807) is 0 Å². The summed E-state index contributed by atoms with van der Waals surface area (Å²) in [5, 5.41) is 18.3. The van der Waals surface area contributed by atoms with Gasteiger partial charge in [0.1, 0.15) is 0 Å². The molecule has 1 rings (SSSR count). The number of carboxylic acids is 1. The van der Waals surface area contributed by atoms with Gasteiger partial charge in [-0.2, -0.15) is 0 Å². The molecular formula is C8H4ClF2NO4. The molecule has 0 saturated heterocycles. The first-order chi connectivity index (χ1) is 7.34. The average molecular weight is 252 g/mol. The SMILES string of the molecule is O=C(O)c1cc([N+](=O)[O-])cc(C(F)F)c1Cl. The van der Waals surface area contributed by atoms with Crippen molar-refractivity contribution in [3.63, 3.8) is 0 Å². The van der Waals surface area contributed by atoms with Gasteiger partial charge in [-0.15, -0.1) is 0 Å². The van der Waals surface area contributed by atoms with E-state index in [1.807, 2.05) is 0 Å². The van der Waals surface area contributed by atoms with Crippen LogP contribution in [0, 0.1) is 10.1 Å². The number of nitro groups is 1. The number of nitrogens with zero attached hydrogens (tertiary/aromatic N) is 1. The second kappa shape index (κ2) is 4.40. The molecule has 0 spiro atoms. The molecule has 0 radical (unpaired) electrons. The molecule has 0 saturated carbocycles. The fourth-order valence-corrected chi connectivity index (χ4v) is 1.32. The van der Waals surface area contributed by atoms with E-state index in [0.717, 1.165) is 0 Å². The van der Waals surface area contributed by atoms with Gasteiger partial charge in [0.15, 0.2) is 0 Å². The summed E-state index contributed by atoms with van der Waals surface area (Å²) in [5.74, 6) is -1.60. The van der Waals surface area contributed by atoms with E-state index in [4.69, 9.17) is 16.7 Å². The fourth-order valence-electron chi connectivity index (χ4n) is 1.05. The Morgan fingerprint density at radius 3 is 2.44 bits per heavy atom. The Kier molecular flexibility index (Phi) is 3.38. The van der Waals surface area contributed by atoms with Crippen molar-refractivity contribution in [2.24, 2.45) is 0 Å². The second-order valence-corrected chi connectivity index (χ2v) is 3.14. The molecular weight excluding hydrogens is 248 g/mol. The van der Waals surface area contributed by atoms with Crippen molar-refractivity contribution < 1.29 is 23.6 Å². The highest BCUT2D eigenvalue weighted by molar-refractivity contribution is 6.34. The molecule has 0 bridgehead atoms. The Hall–Kier alpha value is -1.76. The van der Waals surface area contributed by atoms with E-state index in [-0.39, 0.29) is 0 Å². The van der Waals surface area contributed by atoms with Gasteiger partial charge < -0.3 is 5.11 Å². The number of non-ortho nitro benzene ring substituents is 1. The largest absolute Gasteiger partial charge is 0.478 e. The molecule has 0 aliphatic rings. The predicted octanol–water partition coefficient (Wildman–Crippen LogP) is 2.88. The van der Waals surface area contributed by atoms with Crippen molar-refractivity contribution in [1.29, 1.82) is 0 Å². The molecule has 0 unspecified atom stereocenters. The number of nitro benzene ring substituents is 1. The van der Waals surface area contributed by atoms with Gasteiger partial charge in [-0.25, -0.2) is 13.6 Å². The van der Waals surface area contributed by atoms with Gasteiger partial charge in [0.05, 0.1) is 15.5 Å². The number of aromatic carboxylic acids is 1. The summed E-state index contributed by atoms with van der Waals surface area (Å²) in [5.41, 5.74) is -2.32. The minimum atomic E-state index is -3.08. The highest BCUT2D eigenvalue weighted by Crippen LogP contribution is 2.33. The van der Waals surface area contributed by atoms with Crippen LogP contribution in [0.3, 0.4) is 0 Å². The van der Waals surface area contributed by atoms with E-state index in [0.29, 0.717) is 12.1 Å². The molecule has 0 aliphatic heterocycles. The third-order valence-electron chi connectivity index (χ3n) is 1.76. The fraction of sp³-hybridized carbons (Fsp3) is 0.125. The van der Waals surface area contributed by atoms with E-state index < -0.39 is 39.2 Å². The van der Waals surface area contributed by atoms with Crippen molar-refractivity contribution in [1.82, 2.24) is 0 Å². The zero-order valence-corrected chi connectivity index (χ0v) is 8.24. The minimum absolute atomic E-state index is 0.555. The highest BCUT2D eigenvalue weighted by atomic mass is 35.5. The first-order valence-corrected chi connectivity index (χ1v) is 4.21. The van der Waals surface area contributed by atoms with Gasteiger partial charge in [-0.1, -0.05) is 11.6 Å². The number of carbonyl (C=O) groups is 1. The van der Waals surface area contributed by atoms with Gasteiger partial charge in [0.25, 0.3) is 12.1 Å². The first-order valence-electron chi connectivity index (χ1n) is 3.84. The third kappa shape index (κ3) is 2.25. The maximum atomic E-state index is 12.4. The first kappa shape index (κ1) is 12.3. The normalized spacial score (nSPS) is 10.5. The summed E-state index contributed by atoms with van der Waals surface area (Å²) >= 11 is 5.39. The third-order valence-corrected chi connectivity index (χ3v) is 2.18. The molecule has 5 nitrogen and oxygen atoms in total. The number of alkyl halides is 2. The number of benzene rings is 1. The summed E-state index contributed by atoms with van der Waals surface area (Å²) < 4.78 is 24.8. The van der Waals surface area contributed by atoms with Crippen LogP contribution in [0.25, 0.3) is 0 Å². The van der Waals surface area contributed by atoms with E-state index >= 15 is 0 Å². The molecule has 0 heterocycles. The molecule has 0 atom stereocenters. The Morgan fingerprint density at radius 1 is 1.50 bits per heavy atom. The summed E-state index contributed by atoms with van der Waals surface area (Å²) in [6.45, 7) is 0. The van der Waals surface area contributed by atoms with Crippen LogP contribution >= 0.6 is 11.6 Å². The molecule has 1 aromatic rings.